The minimum absolute atomic E-state index is 0.0603. The first-order valence-electron chi connectivity index (χ1n) is 13.5. The van der Waals surface area contributed by atoms with Gasteiger partial charge in [-0.2, -0.15) is 0 Å². The zero-order chi connectivity index (χ0) is 27.8. The Kier molecular flexibility index (Phi) is 9.48. The highest BCUT2D eigenvalue weighted by molar-refractivity contribution is 5.73. The number of ether oxygens (including phenoxy) is 3. The second kappa shape index (κ2) is 13.0. The van der Waals surface area contributed by atoms with Crippen molar-refractivity contribution in [3.63, 3.8) is 0 Å². The second-order valence-corrected chi connectivity index (χ2v) is 10.2. The van der Waals surface area contributed by atoms with Crippen molar-refractivity contribution >= 4 is 5.91 Å². The first kappa shape index (κ1) is 28.4. The van der Waals surface area contributed by atoms with Gasteiger partial charge in [0.15, 0.2) is 11.5 Å². The summed E-state index contributed by atoms with van der Waals surface area (Å²) < 4.78 is 19.7. The lowest BCUT2D eigenvalue weighted by atomic mass is 10.0. The van der Waals surface area contributed by atoms with E-state index < -0.39 is 5.60 Å². The predicted octanol–water partition coefficient (Wildman–Crippen LogP) is 3.32. The van der Waals surface area contributed by atoms with Gasteiger partial charge in [-0.1, -0.05) is 30.7 Å². The monoisotopic (exact) mass is 536 g/mol. The van der Waals surface area contributed by atoms with Crippen LogP contribution in [0.4, 0.5) is 0 Å². The summed E-state index contributed by atoms with van der Waals surface area (Å²) in [7, 11) is 1.63. The second-order valence-electron chi connectivity index (χ2n) is 10.2. The Hall–Kier alpha value is -3.56. The summed E-state index contributed by atoms with van der Waals surface area (Å²) in [5, 5.41) is 11.6. The number of rotatable bonds is 11. The van der Waals surface area contributed by atoms with Gasteiger partial charge in [-0.25, -0.2) is 4.98 Å². The fraction of sp³-hybridized carbons (Fsp3) is 0.467. The molecule has 1 aromatic heterocycles. The van der Waals surface area contributed by atoms with E-state index in [4.69, 9.17) is 14.2 Å². The van der Waals surface area contributed by atoms with Gasteiger partial charge in [-0.15, -0.1) is 0 Å². The Morgan fingerprint density at radius 1 is 1.08 bits per heavy atom. The molecule has 2 aromatic carbocycles. The summed E-state index contributed by atoms with van der Waals surface area (Å²) in [6.07, 6.45) is 4.63. The molecule has 2 heterocycles. The van der Waals surface area contributed by atoms with Crippen LogP contribution in [0.3, 0.4) is 0 Å². The number of nitrogens with zero attached hydrogens (tertiary/aromatic N) is 4. The number of hydrogen-bond acceptors (Lipinski definition) is 7. The highest BCUT2D eigenvalue weighted by Gasteiger charge is 2.37. The predicted molar refractivity (Wildman–Crippen MR) is 149 cm³/mol. The standard InChI is InChI=1S/C30H40N4O5/c1-5-29-31-12-13-33(29)16-17-38-28-18-25(8-11-27(28)37-4)19-32-14-15-34(24(3)35)21-30(36,20-32)22-39-26-9-6-23(2)7-10-26/h6-13,18,36H,5,14-17,19-22H2,1-4H3/t30-/m1/s1. The van der Waals surface area contributed by atoms with Crippen molar-refractivity contribution in [2.45, 2.75) is 45.9 Å². The van der Waals surface area contributed by atoms with Crippen LogP contribution in [0.2, 0.25) is 0 Å². The minimum Gasteiger partial charge on any atom is -0.493 e. The summed E-state index contributed by atoms with van der Waals surface area (Å²) >= 11 is 0. The molecule has 1 aliphatic heterocycles. The van der Waals surface area contributed by atoms with Crippen LogP contribution in [0.15, 0.2) is 54.9 Å². The van der Waals surface area contributed by atoms with Crippen molar-refractivity contribution in [2.24, 2.45) is 0 Å². The number of carbonyl (C=O) groups is 1. The third kappa shape index (κ3) is 7.74. The van der Waals surface area contributed by atoms with Gasteiger partial charge in [0.25, 0.3) is 0 Å². The Morgan fingerprint density at radius 3 is 2.59 bits per heavy atom. The maximum Gasteiger partial charge on any atom is 0.219 e. The van der Waals surface area contributed by atoms with E-state index in [0.717, 1.165) is 23.4 Å². The smallest absolute Gasteiger partial charge is 0.219 e. The van der Waals surface area contributed by atoms with E-state index in [-0.39, 0.29) is 19.1 Å². The fourth-order valence-corrected chi connectivity index (χ4v) is 4.89. The number of aryl methyl sites for hydroxylation is 2. The summed E-state index contributed by atoms with van der Waals surface area (Å²) in [5.41, 5.74) is 0.946. The molecule has 1 N–H and O–H groups in total. The highest BCUT2D eigenvalue weighted by atomic mass is 16.5. The van der Waals surface area contributed by atoms with Crippen LogP contribution in [0.25, 0.3) is 0 Å². The summed E-state index contributed by atoms with van der Waals surface area (Å²) in [4.78, 5) is 20.5. The lowest BCUT2D eigenvalue weighted by molar-refractivity contribution is -0.132. The number of hydrogen-bond donors (Lipinski definition) is 1. The molecule has 1 fully saturated rings. The molecule has 39 heavy (non-hydrogen) atoms. The summed E-state index contributed by atoms with van der Waals surface area (Å²) in [6, 6.07) is 13.6. The third-order valence-corrected chi connectivity index (χ3v) is 7.00. The molecule has 3 aromatic rings. The van der Waals surface area contributed by atoms with Crippen LogP contribution < -0.4 is 14.2 Å². The Bertz CT molecular complexity index is 1230. The number of imidazole rings is 1. The zero-order valence-electron chi connectivity index (χ0n) is 23.4. The van der Waals surface area contributed by atoms with Gasteiger partial charge in [0.05, 0.1) is 20.2 Å². The maximum atomic E-state index is 12.3. The molecule has 0 radical (unpaired) electrons. The highest BCUT2D eigenvalue weighted by Crippen LogP contribution is 2.29. The largest absolute Gasteiger partial charge is 0.493 e. The molecule has 4 rings (SSSR count). The molecule has 0 unspecified atom stereocenters. The van der Waals surface area contributed by atoms with Gasteiger partial charge in [0.2, 0.25) is 5.91 Å². The molecule has 0 aliphatic carbocycles. The summed E-state index contributed by atoms with van der Waals surface area (Å²) in [6.45, 7) is 9.23. The van der Waals surface area contributed by atoms with E-state index in [9.17, 15) is 9.90 Å². The van der Waals surface area contributed by atoms with E-state index in [0.29, 0.717) is 56.6 Å². The van der Waals surface area contributed by atoms with Crippen molar-refractivity contribution in [2.75, 3.05) is 46.5 Å². The van der Waals surface area contributed by atoms with Crippen molar-refractivity contribution < 1.29 is 24.1 Å². The number of β-amino-alcohol motifs (C(OH)–C–C–N with tert-alkyl or cyclic N) is 1. The van der Waals surface area contributed by atoms with Crippen molar-refractivity contribution in [3.8, 4) is 17.2 Å². The van der Waals surface area contributed by atoms with Gasteiger partial charge in [0, 0.05) is 51.9 Å². The molecule has 1 atom stereocenters. The molecule has 1 saturated heterocycles. The lowest BCUT2D eigenvalue weighted by Crippen LogP contribution is -2.51. The van der Waals surface area contributed by atoms with E-state index in [1.807, 2.05) is 61.8 Å². The molecule has 0 bridgehead atoms. The Labute approximate surface area is 230 Å². The van der Waals surface area contributed by atoms with E-state index in [1.165, 1.54) is 6.92 Å². The average molecular weight is 537 g/mol. The van der Waals surface area contributed by atoms with Crippen LogP contribution >= 0.6 is 0 Å². The molecule has 0 saturated carbocycles. The van der Waals surface area contributed by atoms with Crippen LogP contribution in [0, 0.1) is 6.92 Å². The molecule has 9 heteroatoms. The van der Waals surface area contributed by atoms with Crippen LogP contribution in [-0.2, 0) is 24.3 Å². The molecule has 0 spiro atoms. The molecular weight excluding hydrogens is 496 g/mol. The Morgan fingerprint density at radius 2 is 1.87 bits per heavy atom. The topological polar surface area (TPSA) is 89.3 Å². The fourth-order valence-electron chi connectivity index (χ4n) is 4.89. The van der Waals surface area contributed by atoms with Gasteiger partial charge in [-0.3, -0.25) is 9.69 Å². The molecule has 1 amide bonds. The maximum absolute atomic E-state index is 12.3. The Balaban J connectivity index is 1.44. The van der Waals surface area contributed by atoms with Crippen LogP contribution in [-0.4, -0.2) is 82.5 Å². The van der Waals surface area contributed by atoms with E-state index >= 15 is 0 Å². The number of carbonyl (C=O) groups excluding carboxylic acids is 1. The first-order chi connectivity index (χ1) is 18.8. The average Bonchev–Trinajstić information content (AvgIpc) is 3.31. The molecule has 1 aliphatic rings. The molecular formula is C30H40N4O5. The number of amides is 1. The van der Waals surface area contributed by atoms with Crippen molar-refractivity contribution in [3.05, 3.63) is 71.8 Å². The van der Waals surface area contributed by atoms with Gasteiger partial charge in [0.1, 0.15) is 30.4 Å². The van der Waals surface area contributed by atoms with E-state index in [2.05, 4.69) is 21.4 Å². The van der Waals surface area contributed by atoms with Gasteiger partial charge >= 0.3 is 0 Å². The van der Waals surface area contributed by atoms with Crippen LogP contribution in [0.1, 0.15) is 30.8 Å². The first-order valence-corrected chi connectivity index (χ1v) is 13.5. The number of aromatic nitrogens is 2. The van der Waals surface area contributed by atoms with Gasteiger partial charge in [-0.05, 0) is 36.8 Å². The molecule has 210 valence electrons. The SMILES string of the molecule is CCc1nccn1CCOc1cc(CN2CCN(C(C)=O)C[C@@](O)(COc3ccc(C)cc3)C2)ccc1OC. The summed E-state index contributed by atoms with van der Waals surface area (Å²) in [5.74, 6) is 3.00. The minimum atomic E-state index is -1.22. The quantitative estimate of drug-likeness (QED) is 0.402. The zero-order valence-corrected chi connectivity index (χ0v) is 23.4. The third-order valence-electron chi connectivity index (χ3n) is 7.00. The lowest BCUT2D eigenvalue weighted by Gasteiger charge is -2.32. The normalized spacial score (nSPS) is 18.0. The van der Waals surface area contributed by atoms with E-state index in [1.54, 1.807) is 12.0 Å². The number of methoxy groups -OCH3 is 1. The number of benzene rings is 2. The van der Waals surface area contributed by atoms with Crippen molar-refractivity contribution in [1.82, 2.24) is 19.4 Å². The number of aliphatic hydroxyl groups is 1. The van der Waals surface area contributed by atoms with Crippen LogP contribution in [0.5, 0.6) is 17.2 Å². The van der Waals surface area contributed by atoms with Crippen molar-refractivity contribution in [1.29, 1.82) is 0 Å². The molecule has 9 nitrogen and oxygen atoms in total. The van der Waals surface area contributed by atoms with Gasteiger partial charge < -0.3 is 28.8 Å².